The molecule has 1 aromatic carbocycles. The Hall–Kier alpha value is -2.21. The van der Waals surface area contributed by atoms with E-state index in [0.717, 1.165) is 12.2 Å². The highest BCUT2D eigenvalue weighted by Gasteiger charge is 2.31. The molecule has 1 aliphatic rings. The van der Waals surface area contributed by atoms with E-state index in [1.54, 1.807) is 29.3 Å². The van der Waals surface area contributed by atoms with Crippen LogP contribution < -0.4 is 0 Å². The number of imidazole rings is 1. The van der Waals surface area contributed by atoms with Crippen molar-refractivity contribution < 1.29 is 13.9 Å². The third-order valence-corrected chi connectivity index (χ3v) is 4.32. The van der Waals surface area contributed by atoms with Crippen molar-refractivity contribution in [2.45, 2.75) is 39.0 Å². The Morgan fingerprint density at radius 1 is 1.38 bits per heavy atom. The molecule has 2 aromatic rings. The molecule has 0 aliphatic carbocycles. The molecule has 0 bridgehead atoms. The first-order valence-electron chi connectivity index (χ1n) is 8.30. The van der Waals surface area contributed by atoms with Crippen LogP contribution in [0.15, 0.2) is 36.7 Å². The molecule has 0 unspecified atom stereocenters. The largest absolute Gasteiger partial charge is 0.370 e. The first-order chi connectivity index (χ1) is 11.7. The normalized spacial score (nSPS) is 14.7. The minimum atomic E-state index is -0.253. The SMILES string of the molecule is CCc1nccn1CCC(=O)N1CC(OCc2ccccc2F)C1. The van der Waals surface area contributed by atoms with Crippen molar-refractivity contribution in [1.82, 2.24) is 14.5 Å². The lowest BCUT2D eigenvalue weighted by Gasteiger charge is -2.39. The maximum absolute atomic E-state index is 13.5. The number of benzene rings is 1. The molecule has 1 aromatic heterocycles. The van der Waals surface area contributed by atoms with Crippen molar-refractivity contribution in [3.8, 4) is 0 Å². The van der Waals surface area contributed by atoms with Gasteiger partial charge in [0.25, 0.3) is 0 Å². The Bertz CT molecular complexity index is 695. The highest BCUT2D eigenvalue weighted by Crippen LogP contribution is 2.17. The maximum Gasteiger partial charge on any atom is 0.224 e. The van der Waals surface area contributed by atoms with Gasteiger partial charge in [-0.3, -0.25) is 4.79 Å². The molecule has 2 heterocycles. The van der Waals surface area contributed by atoms with Crippen molar-refractivity contribution >= 4 is 5.91 Å². The summed E-state index contributed by atoms with van der Waals surface area (Å²) in [5, 5.41) is 0. The van der Waals surface area contributed by atoms with E-state index in [2.05, 4.69) is 4.98 Å². The zero-order valence-electron chi connectivity index (χ0n) is 13.8. The predicted molar refractivity (Wildman–Crippen MR) is 87.8 cm³/mol. The number of likely N-dealkylation sites (tertiary alicyclic amines) is 1. The predicted octanol–water partition coefficient (Wildman–Crippen LogP) is 2.40. The van der Waals surface area contributed by atoms with Gasteiger partial charge in [0, 0.05) is 50.4 Å². The van der Waals surface area contributed by atoms with Crippen LogP contribution in [-0.2, 0) is 29.1 Å². The van der Waals surface area contributed by atoms with E-state index in [0.29, 0.717) is 31.6 Å². The fourth-order valence-corrected chi connectivity index (χ4v) is 2.80. The Morgan fingerprint density at radius 2 is 2.17 bits per heavy atom. The summed E-state index contributed by atoms with van der Waals surface area (Å²) in [6.45, 7) is 4.11. The van der Waals surface area contributed by atoms with E-state index in [4.69, 9.17) is 4.74 Å². The number of ether oxygens (including phenoxy) is 1. The van der Waals surface area contributed by atoms with Crippen LogP contribution >= 0.6 is 0 Å². The number of rotatable bonds is 7. The van der Waals surface area contributed by atoms with Crippen molar-refractivity contribution in [2.24, 2.45) is 0 Å². The van der Waals surface area contributed by atoms with Gasteiger partial charge in [0.2, 0.25) is 5.91 Å². The first kappa shape index (κ1) is 16.6. The van der Waals surface area contributed by atoms with Gasteiger partial charge in [0.05, 0.1) is 12.7 Å². The number of hydrogen-bond acceptors (Lipinski definition) is 3. The maximum atomic E-state index is 13.5. The molecule has 5 nitrogen and oxygen atoms in total. The van der Waals surface area contributed by atoms with E-state index in [1.807, 2.05) is 17.7 Å². The molecule has 1 aliphatic heterocycles. The lowest BCUT2D eigenvalue weighted by atomic mass is 10.1. The van der Waals surface area contributed by atoms with Crippen molar-refractivity contribution in [3.05, 3.63) is 53.9 Å². The van der Waals surface area contributed by atoms with Gasteiger partial charge >= 0.3 is 0 Å². The summed E-state index contributed by atoms with van der Waals surface area (Å²) >= 11 is 0. The highest BCUT2D eigenvalue weighted by atomic mass is 19.1. The molecule has 3 rings (SSSR count). The van der Waals surface area contributed by atoms with Crippen LogP contribution in [0.25, 0.3) is 0 Å². The third kappa shape index (κ3) is 3.82. The molecule has 0 saturated carbocycles. The second kappa shape index (κ2) is 7.57. The van der Waals surface area contributed by atoms with E-state index in [1.165, 1.54) is 6.07 Å². The number of halogens is 1. The van der Waals surface area contributed by atoms with Crippen molar-refractivity contribution in [1.29, 1.82) is 0 Å². The summed E-state index contributed by atoms with van der Waals surface area (Å²) in [5.74, 6) is 0.866. The number of aromatic nitrogens is 2. The number of nitrogens with zero attached hydrogens (tertiary/aromatic N) is 3. The second-order valence-corrected chi connectivity index (χ2v) is 5.96. The molecule has 6 heteroatoms. The zero-order valence-corrected chi connectivity index (χ0v) is 13.8. The molecule has 1 fully saturated rings. The van der Waals surface area contributed by atoms with Crippen molar-refractivity contribution in [3.63, 3.8) is 0 Å². The number of amides is 1. The van der Waals surface area contributed by atoms with Gasteiger partial charge in [-0.05, 0) is 6.07 Å². The molecule has 0 radical (unpaired) electrons. The number of hydrogen-bond donors (Lipinski definition) is 0. The van der Waals surface area contributed by atoms with Crippen LogP contribution in [0.4, 0.5) is 4.39 Å². The van der Waals surface area contributed by atoms with Crippen LogP contribution in [0.3, 0.4) is 0 Å². The standard InChI is InChI=1S/C18H22FN3O2/c1-2-17-20-8-10-21(17)9-7-18(23)22-11-15(12-22)24-13-14-5-3-4-6-16(14)19/h3-6,8,10,15H,2,7,9,11-13H2,1H3. The molecule has 1 amide bonds. The molecule has 0 N–H and O–H groups in total. The van der Waals surface area contributed by atoms with Crippen LogP contribution in [0.5, 0.6) is 0 Å². The summed E-state index contributed by atoms with van der Waals surface area (Å²) in [6.07, 6.45) is 4.98. The molecule has 128 valence electrons. The second-order valence-electron chi connectivity index (χ2n) is 5.96. The van der Waals surface area contributed by atoms with Crippen LogP contribution in [0, 0.1) is 5.82 Å². The monoisotopic (exact) mass is 331 g/mol. The highest BCUT2D eigenvalue weighted by molar-refractivity contribution is 5.77. The zero-order chi connectivity index (χ0) is 16.9. The van der Waals surface area contributed by atoms with Crippen LogP contribution in [0.2, 0.25) is 0 Å². The minimum absolute atomic E-state index is 0.00648. The Labute approximate surface area is 141 Å². The lowest BCUT2D eigenvalue weighted by molar-refractivity contribution is -0.146. The molecule has 24 heavy (non-hydrogen) atoms. The number of carbonyl (C=O) groups is 1. The number of carbonyl (C=O) groups excluding carboxylic acids is 1. The molecular formula is C18H22FN3O2. The van der Waals surface area contributed by atoms with Crippen LogP contribution in [-0.4, -0.2) is 39.6 Å². The van der Waals surface area contributed by atoms with E-state index >= 15 is 0 Å². The smallest absolute Gasteiger partial charge is 0.224 e. The summed E-state index contributed by atoms with van der Waals surface area (Å²) < 4.78 is 21.2. The van der Waals surface area contributed by atoms with Gasteiger partial charge in [-0.1, -0.05) is 25.1 Å². The van der Waals surface area contributed by atoms with Gasteiger partial charge in [-0.15, -0.1) is 0 Å². The third-order valence-electron chi connectivity index (χ3n) is 4.32. The molecule has 1 saturated heterocycles. The molecule has 0 atom stereocenters. The van der Waals surface area contributed by atoms with Crippen LogP contribution in [0.1, 0.15) is 24.7 Å². The molecule has 0 spiro atoms. The quantitative estimate of drug-likeness (QED) is 0.783. The summed E-state index contributed by atoms with van der Waals surface area (Å²) in [4.78, 5) is 18.2. The fourth-order valence-electron chi connectivity index (χ4n) is 2.80. The van der Waals surface area contributed by atoms with Gasteiger partial charge in [0.15, 0.2) is 0 Å². The summed E-state index contributed by atoms with van der Waals surface area (Å²) in [6, 6.07) is 6.59. The molecular weight excluding hydrogens is 309 g/mol. The first-order valence-corrected chi connectivity index (χ1v) is 8.30. The minimum Gasteiger partial charge on any atom is -0.370 e. The van der Waals surface area contributed by atoms with Gasteiger partial charge < -0.3 is 14.2 Å². The average molecular weight is 331 g/mol. The van der Waals surface area contributed by atoms with E-state index < -0.39 is 0 Å². The summed E-state index contributed by atoms with van der Waals surface area (Å²) in [5.41, 5.74) is 0.550. The van der Waals surface area contributed by atoms with E-state index in [9.17, 15) is 9.18 Å². The van der Waals surface area contributed by atoms with Gasteiger partial charge in [0.1, 0.15) is 11.6 Å². The van der Waals surface area contributed by atoms with Gasteiger partial charge in [-0.25, -0.2) is 9.37 Å². The Balaban J connectivity index is 1.38. The van der Waals surface area contributed by atoms with E-state index in [-0.39, 0.29) is 24.4 Å². The number of aryl methyl sites for hydroxylation is 2. The Kier molecular flexibility index (Phi) is 5.25. The summed E-state index contributed by atoms with van der Waals surface area (Å²) in [7, 11) is 0. The topological polar surface area (TPSA) is 47.4 Å². The fraction of sp³-hybridized carbons (Fsp3) is 0.444. The average Bonchev–Trinajstić information content (AvgIpc) is 3.00. The van der Waals surface area contributed by atoms with Crippen molar-refractivity contribution in [2.75, 3.05) is 13.1 Å². The van der Waals surface area contributed by atoms with Gasteiger partial charge in [-0.2, -0.15) is 0 Å². The Morgan fingerprint density at radius 3 is 2.92 bits per heavy atom. The lowest BCUT2D eigenvalue weighted by Crippen LogP contribution is -2.54.